The molecule has 0 fully saturated rings. The molecule has 6 aromatic heterocycles. The third-order valence-corrected chi connectivity index (χ3v) is 29.7. The largest absolute Gasteiger partial charge is 0.309 e. The fourth-order valence-corrected chi connectivity index (χ4v) is 24.1. The van der Waals surface area contributed by atoms with Crippen LogP contribution in [0.1, 0.15) is 5.48 Å². The topological polar surface area (TPSA) is 14.8 Å². The Bertz CT molecular complexity index is 9620. The number of thiophene rings is 3. The van der Waals surface area contributed by atoms with Crippen molar-refractivity contribution in [1.82, 2.24) is 13.7 Å². The van der Waals surface area contributed by atoms with Crippen molar-refractivity contribution in [3.05, 3.63) is 455 Å². The lowest BCUT2D eigenvalue weighted by atomic mass is 9.95. The molecular formula is C122H75N3S3. The fourth-order valence-electron chi connectivity index (χ4n) is 20.5. The van der Waals surface area contributed by atoms with Gasteiger partial charge in [-0.2, -0.15) is 0 Å². The average molecular weight is 1680 g/mol. The van der Waals surface area contributed by atoms with Gasteiger partial charge in [0, 0.05) is 142 Å². The molecule has 596 valence electrons. The van der Waals surface area contributed by atoms with Crippen molar-refractivity contribution < 1.29 is 5.48 Å². The molecule has 28 aromatic rings. The second kappa shape index (κ2) is 30.0. The molecule has 0 aliphatic heterocycles. The van der Waals surface area contributed by atoms with Crippen LogP contribution < -0.4 is 0 Å². The van der Waals surface area contributed by atoms with E-state index in [4.69, 9.17) is 5.48 Å². The zero-order chi connectivity index (χ0) is 87.5. The summed E-state index contributed by atoms with van der Waals surface area (Å²) in [5.41, 5.74) is 22.7. The fraction of sp³-hybridized carbons (Fsp3) is 0. The molecule has 0 aliphatic rings. The molecule has 0 amide bonds. The van der Waals surface area contributed by atoms with Crippen LogP contribution in [0.25, 0.3) is 252 Å². The Morgan fingerprint density at radius 2 is 0.500 bits per heavy atom. The molecular weight excluding hydrogens is 1600 g/mol. The van der Waals surface area contributed by atoms with Crippen molar-refractivity contribution in [1.29, 1.82) is 0 Å². The molecule has 0 spiro atoms. The quantitative estimate of drug-likeness (QED) is 0.144. The van der Waals surface area contributed by atoms with Crippen molar-refractivity contribution in [3.8, 4) is 72.7 Å². The Hall–Kier alpha value is -15.8. The first-order chi connectivity index (χ1) is 65.2. The summed E-state index contributed by atoms with van der Waals surface area (Å²) in [5, 5.41) is 26.5. The Morgan fingerprint density at radius 1 is 0.180 bits per heavy atom. The van der Waals surface area contributed by atoms with Crippen LogP contribution in [0.3, 0.4) is 0 Å². The molecule has 0 unspecified atom stereocenters. The molecule has 0 saturated heterocycles. The van der Waals surface area contributed by atoms with Gasteiger partial charge >= 0.3 is 0 Å². The van der Waals surface area contributed by atoms with E-state index in [1.165, 1.54) is 194 Å². The van der Waals surface area contributed by atoms with Crippen molar-refractivity contribution in [2.75, 3.05) is 0 Å². The third kappa shape index (κ3) is 11.8. The number of rotatable bonds is 8. The first-order valence-corrected chi connectivity index (χ1v) is 46.0. The average Bonchev–Trinajstić information content (AvgIpc) is 1.53. The van der Waals surface area contributed by atoms with Crippen molar-refractivity contribution in [2.24, 2.45) is 0 Å². The number of hydrogen-bond donors (Lipinski definition) is 0. The van der Waals surface area contributed by atoms with Gasteiger partial charge < -0.3 is 13.7 Å². The van der Waals surface area contributed by atoms with Gasteiger partial charge in [0.2, 0.25) is 0 Å². The van der Waals surface area contributed by atoms with Crippen LogP contribution in [-0.2, 0) is 0 Å². The van der Waals surface area contributed by atoms with Crippen LogP contribution in [-0.4, -0.2) is 13.7 Å². The van der Waals surface area contributed by atoms with Crippen molar-refractivity contribution in [3.63, 3.8) is 0 Å². The number of aromatic nitrogens is 3. The van der Waals surface area contributed by atoms with Gasteiger partial charge in [0.05, 0.1) is 38.6 Å². The van der Waals surface area contributed by atoms with Crippen LogP contribution in [0.15, 0.2) is 455 Å². The second-order valence-electron chi connectivity index (χ2n) is 33.2. The molecule has 3 nitrogen and oxygen atoms in total. The Morgan fingerprint density at radius 3 is 0.953 bits per heavy atom. The Balaban J connectivity index is 0.000000104. The van der Waals surface area contributed by atoms with Crippen LogP contribution >= 0.6 is 34.0 Å². The Kier molecular flexibility index (Phi) is 16.3. The Labute approximate surface area is 754 Å². The van der Waals surface area contributed by atoms with Crippen LogP contribution in [0.2, 0.25) is 0 Å². The van der Waals surface area contributed by atoms with E-state index in [1.54, 1.807) is 0 Å². The maximum absolute atomic E-state index is 8.94. The molecule has 0 atom stereocenters. The predicted octanol–water partition coefficient (Wildman–Crippen LogP) is 35.6. The van der Waals surface area contributed by atoms with Gasteiger partial charge in [-0.15, -0.1) is 34.0 Å². The summed E-state index contributed by atoms with van der Waals surface area (Å²) in [6.07, 6.45) is 0. The smallest absolute Gasteiger partial charge is 0.0638 e. The number of benzene rings is 22. The summed E-state index contributed by atoms with van der Waals surface area (Å²) in [4.78, 5) is 0. The van der Waals surface area contributed by atoms with Crippen molar-refractivity contribution in [2.45, 2.75) is 0 Å². The number of para-hydroxylation sites is 3. The van der Waals surface area contributed by atoms with Gasteiger partial charge in [-0.3, -0.25) is 0 Å². The minimum Gasteiger partial charge on any atom is -0.309 e. The lowest BCUT2D eigenvalue weighted by Gasteiger charge is -2.11. The zero-order valence-corrected chi connectivity index (χ0v) is 71.5. The molecule has 0 radical (unpaired) electrons. The molecule has 0 N–H and O–H groups in total. The summed E-state index contributed by atoms with van der Waals surface area (Å²) in [6, 6.07) is 155. The molecule has 0 saturated carbocycles. The monoisotopic (exact) mass is 1680 g/mol. The van der Waals surface area contributed by atoms with E-state index in [2.05, 4.69) is 402 Å². The van der Waals surface area contributed by atoms with E-state index in [-0.39, 0.29) is 24.2 Å². The summed E-state index contributed by atoms with van der Waals surface area (Å²) >= 11 is 5.30. The number of nitrogens with zero attached hydrogens (tertiary/aromatic N) is 3. The summed E-state index contributed by atoms with van der Waals surface area (Å²) in [6.45, 7) is 0. The normalized spacial score (nSPS) is 12.3. The van der Waals surface area contributed by atoms with Crippen molar-refractivity contribution >= 4 is 214 Å². The predicted molar refractivity (Wildman–Crippen MR) is 556 cm³/mol. The van der Waals surface area contributed by atoms with E-state index in [0.29, 0.717) is 10.1 Å². The minimum atomic E-state index is -0.198. The number of fused-ring (bicyclic) bond motifs is 32. The highest BCUT2D eigenvalue weighted by Crippen LogP contribution is 2.54. The molecule has 0 bridgehead atoms. The summed E-state index contributed by atoms with van der Waals surface area (Å²) in [5.74, 6) is 0. The zero-order valence-electron chi connectivity index (χ0n) is 73.1. The summed E-state index contributed by atoms with van der Waals surface area (Å²) in [7, 11) is 0. The van der Waals surface area contributed by atoms with Crippen LogP contribution in [0.5, 0.6) is 0 Å². The highest BCUT2D eigenvalue weighted by atomic mass is 32.1. The molecule has 28 rings (SSSR count). The molecule has 128 heavy (non-hydrogen) atoms. The first-order valence-electron chi connectivity index (χ1n) is 45.5. The van der Waals surface area contributed by atoms with E-state index >= 15 is 0 Å². The van der Waals surface area contributed by atoms with Crippen LogP contribution in [0.4, 0.5) is 0 Å². The number of hydrogen-bond acceptors (Lipinski definition) is 3. The van der Waals surface area contributed by atoms with E-state index in [0.717, 1.165) is 59.5 Å². The molecule has 6 heteroatoms. The first kappa shape index (κ1) is 69.6. The lowest BCUT2D eigenvalue weighted by molar-refractivity contribution is 1.19. The SMILES string of the molecule is [2H]c1c([2H])c([2H])c2c(sc3c4ccccc4c4c(c5ccc(-c6ccccc6)cc5n4-c4ccccc4)c32)c1[2H].c1ccc(-c2ccc3c4c5c6cc(-c7ccc8ccccc8c7)ccc6sc5c5ccccc5c4n(-c4ccccc4)c3c2)cc1.c1ccc(-c2ccc3c4c5c6cc(-c7cccc8ccccc78)ccc6sc5c5ccccc5c4n(-c4ccccc4)c3c2)cc1. The van der Waals surface area contributed by atoms with Gasteiger partial charge in [0.1, 0.15) is 0 Å². The lowest BCUT2D eigenvalue weighted by Crippen LogP contribution is -1.94. The van der Waals surface area contributed by atoms with E-state index in [1.807, 2.05) is 65.1 Å². The maximum Gasteiger partial charge on any atom is 0.0638 e. The maximum atomic E-state index is 8.94. The summed E-state index contributed by atoms with van der Waals surface area (Å²) < 4.78 is 48.7. The second-order valence-corrected chi connectivity index (χ2v) is 36.4. The highest BCUT2D eigenvalue weighted by molar-refractivity contribution is 7.28. The van der Waals surface area contributed by atoms with Crippen LogP contribution in [0, 0.1) is 0 Å². The third-order valence-electron chi connectivity index (χ3n) is 26.2. The van der Waals surface area contributed by atoms with Gasteiger partial charge in [0.15, 0.2) is 0 Å². The molecule has 0 aliphatic carbocycles. The van der Waals surface area contributed by atoms with E-state index in [9.17, 15) is 0 Å². The molecule has 22 aromatic carbocycles. The standard InChI is InChI=1S/2C44H27NS.C34H21NS/c1-3-12-28(13-4-1)30-22-24-37-39(27-30)45(32-16-5-2-6-17-32)43-35-19-9-10-20-36(35)44-42(41(37)43)38-26-31(23-25-40(38)46-44)34-21-11-15-29-14-7-8-18-33(29)34;1-3-11-28(12-4-1)33-21-23-37-39(27-33)45(34-15-5-2-6-16-34)43-35-17-9-10-18-36(35)44-42(41(37)43)38-26-32(22-24-40(38)46-44)31-20-19-29-13-7-8-14-30(29)25-31;1-3-11-22(12-4-1)23-19-20-27-29(21-23)35(24-13-5-2-6-14-24)33-25-15-7-8-16-26(25)34-32(31(27)33)28-17-9-10-18-30(28)36-34/h2*1-27H;1-21H/i;;9D,10D,17D,18D. The van der Waals surface area contributed by atoms with E-state index < -0.39 is 0 Å². The van der Waals surface area contributed by atoms with Gasteiger partial charge in [0.25, 0.3) is 0 Å². The highest BCUT2D eigenvalue weighted by Gasteiger charge is 2.28. The minimum absolute atomic E-state index is 0.0142. The molecule has 6 heterocycles. The van der Waals surface area contributed by atoms with Gasteiger partial charge in [-0.25, -0.2) is 0 Å². The van der Waals surface area contributed by atoms with Gasteiger partial charge in [-0.1, -0.05) is 364 Å². The van der Waals surface area contributed by atoms with Gasteiger partial charge in [-0.05, 0) is 168 Å².